The Hall–Kier alpha value is -2.98. The van der Waals surface area contributed by atoms with Gasteiger partial charge in [0.15, 0.2) is 0 Å². The van der Waals surface area contributed by atoms with Crippen molar-refractivity contribution in [3.63, 3.8) is 0 Å². The number of ether oxygens (including phenoxy) is 1. The normalized spacial score (nSPS) is 10.5. The van der Waals surface area contributed by atoms with Gasteiger partial charge in [-0.25, -0.2) is 0 Å². The Balaban J connectivity index is 1.69. The minimum absolute atomic E-state index is 0.0161. The summed E-state index contributed by atoms with van der Waals surface area (Å²) in [4.78, 5) is 10.9. The smallest absolute Gasteiger partial charge is 0.307 e. The standard InChI is InChI=1S/C21H18ClNO3/c22-18-8-9-20(19(23)12-18)26-13-14-4-6-16(7-5-14)17-3-1-2-15(10-17)11-21(24)25/h1-10,12H,11,13,23H2,(H,24,25). The van der Waals surface area contributed by atoms with Crippen LogP contribution in [0.4, 0.5) is 5.69 Å². The van der Waals surface area contributed by atoms with Crippen molar-refractivity contribution in [3.05, 3.63) is 82.9 Å². The molecule has 0 saturated carbocycles. The monoisotopic (exact) mass is 367 g/mol. The van der Waals surface area contributed by atoms with E-state index in [1.54, 1.807) is 18.2 Å². The zero-order valence-electron chi connectivity index (χ0n) is 14.0. The minimum atomic E-state index is -0.837. The summed E-state index contributed by atoms with van der Waals surface area (Å²) >= 11 is 5.88. The van der Waals surface area contributed by atoms with Gasteiger partial charge in [0.2, 0.25) is 0 Å². The third kappa shape index (κ3) is 4.55. The average Bonchev–Trinajstić information content (AvgIpc) is 2.61. The van der Waals surface area contributed by atoms with E-state index in [9.17, 15) is 4.79 Å². The number of benzene rings is 3. The summed E-state index contributed by atoms with van der Waals surface area (Å²) < 4.78 is 5.74. The van der Waals surface area contributed by atoms with Crippen LogP contribution in [-0.4, -0.2) is 11.1 Å². The van der Waals surface area contributed by atoms with Crippen LogP contribution in [-0.2, 0) is 17.8 Å². The molecule has 0 aliphatic carbocycles. The van der Waals surface area contributed by atoms with Crippen LogP contribution < -0.4 is 10.5 Å². The van der Waals surface area contributed by atoms with Crippen LogP contribution in [0.15, 0.2) is 66.7 Å². The Labute approximate surface area is 156 Å². The fourth-order valence-electron chi connectivity index (χ4n) is 2.64. The number of carbonyl (C=O) groups is 1. The first kappa shape index (κ1) is 17.8. The van der Waals surface area contributed by atoms with Gasteiger partial charge in [0.25, 0.3) is 0 Å². The van der Waals surface area contributed by atoms with Crippen molar-refractivity contribution in [2.75, 3.05) is 5.73 Å². The van der Waals surface area contributed by atoms with Gasteiger partial charge in [-0.3, -0.25) is 4.79 Å². The summed E-state index contributed by atoms with van der Waals surface area (Å²) in [6.07, 6.45) is 0.0161. The second-order valence-corrected chi connectivity index (χ2v) is 6.38. The van der Waals surface area contributed by atoms with E-state index in [1.165, 1.54) is 0 Å². The molecule has 0 aliphatic rings. The van der Waals surface area contributed by atoms with E-state index in [0.29, 0.717) is 23.1 Å². The third-order valence-electron chi connectivity index (χ3n) is 3.94. The predicted molar refractivity (Wildman–Crippen MR) is 103 cm³/mol. The lowest BCUT2D eigenvalue weighted by atomic mass is 10.0. The Bertz CT molecular complexity index is 923. The lowest BCUT2D eigenvalue weighted by molar-refractivity contribution is -0.136. The van der Waals surface area contributed by atoms with E-state index < -0.39 is 5.97 Å². The van der Waals surface area contributed by atoms with Gasteiger partial charge < -0.3 is 15.6 Å². The van der Waals surface area contributed by atoms with Crippen LogP contribution in [0.3, 0.4) is 0 Å². The molecule has 132 valence electrons. The maximum Gasteiger partial charge on any atom is 0.307 e. The second kappa shape index (κ2) is 7.93. The van der Waals surface area contributed by atoms with Crippen LogP contribution in [0.5, 0.6) is 5.75 Å². The Morgan fingerprint density at radius 2 is 1.73 bits per heavy atom. The first-order valence-corrected chi connectivity index (χ1v) is 8.47. The van der Waals surface area contributed by atoms with Crippen molar-refractivity contribution in [1.29, 1.82) is 0 Å². The number of carboxylic acids is 1. The van der Waals surface area contributed by atoms with Gasteiger partial charge in [0, 0.05) is 5.02 Å². The minimum Gasteiger partial charge on any atom is -0.487 e. The topological polar surface area (TPSA) is 72.5 Å². The van der Waals surface area contributed by atoms with Gasteiger partial charge in [-0.15, -0.1) is 0 Å². The Morgan fingerprint density at radius 3 is 2.42 bits per heavy atom. The summed E-state index contributed by atoms with van der Waals surface area (Å²) in [6.45, 7) is 0.394. The van der Waals surface area contributed by atoms with Crippen molar-refractivity contribution in [2.24, 2.45) is 0 Å². The van der Waals surface area contributed by atoms with Gasteiger partial charge in [-0.05, 0) is 40.5 Å². The highest BCUT2D eigenvalue weighted by Gasteiger charge is 2.05. The van der Waals surface area contributed by atoms with Gasteiger partial charge >= 0.3 is 5.97 Å². The fourth-order valence-corrected chi connectivity index (χ4v) is 2.82. The maximum atomic E-state index is 10.9. The van der Waals surface area contributed by atoms with Crippen molar-refractivity contribution in [1.82, 2.24) is 0 Å². The van der Waals surface area contributed by atoms with Crippen molar-refractivity contribution in [2.45, 2.75) is 13.0 Å². The second-order valence-electron chi connectivity index (χ2n) is 5.94. The number of hydrogen-bond acceptors (Lipinski definition) is 3. The number of halogens is 1. The molecule has 0 spiro atoms. The molecule has 0 aromatic heterocycles. The van der Waals surface area contributed by atoms with Crippen molar-refractivity contribution < 1.29 is 14.6 Å². The molecule has 0 bridgehead atoms. The number of aliphatic carboxylic acids is 1. The van der Waals surface area contributed by atoms with Crippen molar-refractivity contribution >= 4 is 23.3 Å². The van der Waals surface area contributed by atoms with Crippen molar-refractivity contribution in [3.8, 4) is 16.9 Å². The molecule has 3 aromatic carbocycles. The van der Waals surface area contributed by atoms with E-state index in [-0.39, 0.29) is 6.42 Å². The summed E-state index contributed by atoms with van der Waals surface area (Å²) in [7, 11) is 0. The van der Waals surface area contributed by atoms with E-state index in [1.807, 2.05) is 48.5 Å². The quantitative estimate of drug-likeness (QED) is 0.614. The molecule has 0 amide bonds. The maximum absolute atomic E-state index is 10.9. The highest BCUT2D eigenvalue weighted by molar-refractivity contribution is 6.30. The molecule has 3 N–H and O–H groups in total. The van der Waals surface area contributed by atoms with Crippen LogP contribution >= 0.6 is 11.6 Å². The van der Waals surface area contributed by atoms with Gasteiger partial charge in [-0.2, -0.15) is 0 Å². The third-order valence-corrected chi connectivity index (χ3v) is 4.17. The number of hydrogen-bond donors (Lipinski definition) is 2. The summed E-state index contributed by atoms with van der Waals surface area (Å²) in [5.41, 5.74) is 10.2. The molecule has 0 atom stereocenters. The molecule has 3 rings (SSSR count). The molecule has 5 heteroatoms. The van der Waals surface area contributed by atoms with E-state index in [4.69, 9.17) is 27.2 Å². The highest BCUT2D eigenvalue weighted by atomic mass is 35.5. The zero-order valence-corrected chi connectivity index (χ0v) is 14.7. The Kier molecular flexibility index (Phi) is 5.44. The first-order chi connectivity index (χ1) is 12.5. The molecule has 0 saturated heterocycles. The van der Waals surface area contributed by atoms with E-state index in [2.05, 4.69) is 0 Å². The predicted octanol–water partition coefficient (Wildman–Crippen LogP) is 4.80. The molecule has 4 nitrogen and oxygen atoms in total. The van der Waals surface area contributed by atoms with Crippen LogP contribution in [0.1, 0.15) is 11.1 Å². The fraction of sp³-hybridized carbons (Fsp3) is 0.0952. The molecule has 0 fully saturated rings. The number of nitrogen functional groups attached to an aromatic ring is 1. The number of rotatable bonds is 6. The largest absolute Gasteiger partial charge is 0.487 e. The summed E-state index contributed by atoms with van der Waals surface area (Å²) in [6, 6.07) is 20.6. The molecule has 26 heavy (non-hydrogen) atoms. The lowest BCUT2D eigenvalue weighted by Gasteiger charge is -2.10. The van der Waals surface area contributed by atoms with E-state index in [0.717, 1.165) is 22.3 Å². The number of carboxylic acid groups (broad SMARTS) is 1. The average molecular weight is 368 g/mol. The summed E-state index contributed by atoms with van der Waals surface area (Å²) in [5, 5.41) is 9.50. The first-order valence-electron chi connectivity index (χ1n) is 8.09. The Morgan fingerprint density at radius 1 is 0.962 bits per heavy atom. The molecule has 0 unspecified atom stereocenters. The lowest BCUT2D eigenvalue weighted by Crippen LogP contribution is -2.00. The molecule has 0 aliphatic heterocycles. The molecular weight excluding hydrogens is 350 g/mol. The summed E-state index contributed by atoms with van der Waals surface area (Å²) in [5.74, 6) is -0.240. The highest BCUT2D eigenvalue weighted by Crippen LogP contribution is 2.26. The van der Waals surface area contributed by atoms with Gasteiger partial charge in [0.05, 0.1) is 12.1 Å². The van der Waals surface area contributed by atoms with Crippen LogP contribution in [0, 0.1) is 0 Å². The SMILES string of the molecule is Nc1cc(Cl)ccc1OCc1ccc(-c2cccc(CC(=O)O)c2)cc1. The zero-order chi connectivity index (χ0) is 18.5. The van der Waals surface area contributed by atoms with Gasteiger partial charge in [0.1, 0.15) is 12.4 Å². The van der Waals surface area contributed by atoms with Crippen LogP contribution in [0.25, 0.3) is 11.1 Å². The molecular formula is C21H18ClNO3. The number of anilines is 1. The number of nitrogens with two attached hydrogens (primary N) is 1. The van der Waals surface area contributed by atoms with Gasteiger partial charge in [-0.1, -0.05) is 60.1 Å². The van der Waals surface area contributed by atoms with Crippen LogP contribution in [0.2, 0.25) is 5.02 Å². The molecule has 0 radical (unpaired) electrons. The molecule has 0 heterocycles. The van der Waals surface area contributed by atoms with E-state index >= 15 is 0 Å². The molecule has 3 aromatic rings.